The van der Waals surface area contributed by atoms with Crippen molar-refractivity contribution in [3.63, 3.8) is 0 Å². The molecule has 2 N–H and O–H groups in total. The van der Waals surface area contributed by atoms with Crippen LogP contribution in [0.4, 0.5) is 5.82 Å². The Bertz CT molecular complexity index is 755. The fourth-order valence-electron chi connectivity index (χ4n) is 1.99. The first-order valence-corrected chi connectivity index (χ1v) is 5.98. The van der Waals surface area contributed by atoms with Crippen molar-refractivity contribution in [1.82, 2.24) is 4.98 Å². The molecule has 0 aliphatic heterocycles. The van der Waals surface area contributed by atoms with E-state index in [-0.39, 0.29) is 22.8 Å². The van der Waals surface area contributed by atoms with Crippen molar-refractivity contribution in [3.8, 4) is 34.9 Å². The van der Waals surface area contributed by atoms with Crippen molar-refractivity contribution in [2.75, 3.05) is 20.0 Å². The molecule has 0 unspecified atom stereocenters. The van der Waals surface area contributed by atoms with Gasteiger partial charge in [0.2, 0.25) is 5.88 Å². The maximum Gasteiger partial charge on any atom is 0.234 e. The van der Waals surface area contributed by atoms with Crippen molar-refractivity contribution in [1.29, 1.82) is 10.5 Å². The van der Waals surface area contributed by atoms with E-state index in [4.69, 9.17) is 15.2 Å². The molecule has 6 nitrogen and oxygen atoms in total. The summed E-state index contributed by atoms with van der Waals surface area (Å²) in [5, 5.41) is 18.7. The first kappa shape index (κ1) is 14.2. The smallest absolute Gasteiger partial charge is 0.234 e. The number of benzene rings is 1. The Kier molecular flexibility index (Phi) is 3.92. The van der Waals surface area contributed by atoms with Gasteiger partial charge in [-0.2, -0.15) is 15.5 Å². The van der Waals surface area contributed by atoms with Crippen LogP contribution in [0.15, 0.2) is 24.3 Å². The van der Waals surface area contributed by atoms with E-state index in [1.54, 1.807) is 31.4 Å². The van der Waals surface area contributed by atoms with Gasteiger partial charge in [-0.1, -0.05) is 12.1 Å². The number of pyridine rings is 1. The molecular formula is C15H12N4O2. The van der Waals surface area contributed by atoms with Crippen LogP contribution in [0.2, 0.25) is 0 Å². The maximum atomic E-state index is 9.36. The summed E-state index contributed by atoms with van der Waals surface area (Å²) in [6.45, 7) is 0. The lowest BCUT2D eigenvalue weighted by Gasteiger charge is -2.12. The summed E-state index contributed by atoms with van der Waals surface area (Å²) < 4.78 is 10.2. The van der Waals surface area contributed by atoms with Gasteiger partial charge in [0, 0.05) is 5.56 Å². The third-order valence-electron chi connectivity index (χ3n) is 2.99. The number of methoxy groups -OCH3 is 2. The topological polar surface area (TPSA) is 105 Å². The van der Waals surface area contributed by atoms with Gasteiger partial charge < -0.3 is 15.2 Å². The minimum Gasteiger partial charge on any atom is -0.497 e. The molecule has 0 fully saturated rings. The highest BCUT2D eigenvalue weighted by Gasteiger charge is 2.20. The van der Waals surface area contributed by atoms with Crippen LogP contribution < -0.4 is 15.2 Å². The summed E-state index contributed by atoms with van der Waals surface area (Å²) in [6.07, 6.45) is 0. The van der Waals surface area contributed by atoms with Crippen LogP contribution in [0, 0.1) is 22.7 Å². The quantitative estimate of drug-likeness (QED) is 0.922. The Labute approximate surface area is 122 Å². The Hall–Kier alpha value is -3.25. The van der Waals surface area contributed by atoms with Crippen LogP contribution in [0.1, 0.15) is 11.1 Å². The summed E-state index contributed by atoms with van der Waals surface area (Å²) in [5.41, 5.74) is 7.18. The highest BCUT2D eigenvalue weighted by molar-refractivity contribution is 5.82. The third kappa shape index (κ3) is 2.43. The average Bonchev–Trinajstić information content (AvgIpc) is 2.53. The zero-order valence-electron chi connectivity index (χ0n) is 11.5. The second-order valence-corrected chi connectivity index (χ2v) is 4.08. The van der Waals surface area contributed by atoms with Gasteiger partial charge >= 0.3 is 0 Å². The fraction of sp³-hybridized carbons (Fsp3) is 0.133. The number of hydrogen-bond acceptors (Lipinski definition) is 6. The van der Waals surface area contributed by atoms with Crippen LogP contribution in [-0.2, 0) is 0 Å². The molecule has 1 aromatic carbocycles. The minimum atomic E-state index is 0.0270. The van der Waals surface area contributed by atoms with E-state index in [1.807, 2.05) is 12.1 Å². The molecule has 1 aromatic heterocycles. The van der Waals surface area contributed by atoms with Crippen LogP contribution >= 0.6 is 0 Å². The first-order chi connectivity index (χ1) is 10.2. The summed E-state index contributed by atoms with van der Waals surface area (Å²) in [4.78, 5) is 3.94. The van der Waals surface area contributed by atoms with Gasteiger partial charge in [0.1, 0.15) is 34.8 Å². The number of nitrogen functional groups attached to an aromatic ring is 1. The number of nitrogens with two attached hydrogens (primary N) is 1. The van der Waals surface area contributed by atoms with Gasteiger partial charge in [-0.3, -0.25) is 0 Å². The lowest BCUT2D eigenvalue weighted by atomic mass is 9.96. The normalized spacial score (nSPS) is 9.52. The zero-order chi connectivity index (χ0) is 15.4. The van der Waals surface area contributed by atoms with Crippen LogP contribution in [-0.4, -0.2) is 19.2 Å². The molecular weight excluding hydrogens is 268 g/mol. The molecule has 104 valence electrons. The van der Waals surface area contributed by atoms with Crippen LogP contribution in [0.25, 0.3) is 11.1 Å². The molecule has 1 heterocycles. The number of aromatic nitrogens is 1. The Morgan fingerprint density at radius 2 is 1.62 bits per heavy atom. The molecule has 0 saturated carbocycles. The predicted octanol–water partition coefficient (Wildman–Crippen LogP) is 2.09. The van der Waals surface area contributed by atoms with Gasteiger partial charge in [0.15, 0.2) is 0 Å². The highest BCUT2D eigenvalue weighted by Crippen LogP contribution is 2.35. The summed E-state index contributed by atoms with van der Waals surface area (Å²) in [6, 6.07) is 11.0. The van der Waals surface area contributed by atoms with E-state index >= 15 is 0 Å². The number of anilines is 1. The molecule has 0 bridgehead atoms. The molecule has 0 spiro atoms. The largest absolute Gasteiger partial charge is 0.497 e. The average molecular weight is 280 g/mol. The van der Waals surface area contributed by atoms with E-state index in [9.17, 15) is 10.5 Å². The van der Waals surface area contributed by atoms with Crippen molar-refractivity contribution in [2.24, 2.45) is 0 Å². The molecule has 0 radical (unpaired) electrons. The monoisotopic (exact) mass is 280 g/mol. The number of rotatable bonds is 3. The van der Waals surface area contributed by atoms with Gasteiger partial charge in [0.05, 0.1) is 14.2 Å². The molecule has 2 rings (SSSR count). The van der Waals surface area contributed by atoms with Gasteiger partial charge in [0.25, 0.3) is 0 Å². The molecule has 0 amide bonds. The van der Waals surface area contributed by atoms with Gasteiger partial charge in [-0.25, -0.2) is 0 Å². The Morgan fingerprint density at radius 1 is 1.00 bits per heavy atom. The van der Waals surface area contributed by atoms with Crippen molar-refractivity contribution >= 4 is 5.82 Å². The zero-order valence-corrected chi connectivity index (χ0v) is 11.5. The van der Waals surface area contributed by atoms with Crippen molar-refractivity contribution in [3.05, 3.63) is 35.4 Å². The molecule has 0 saturated heterocycles. The Balaban J connectivity index is 2.79. The molecule has 0 aliphatic rings. The van der Waals surface area contributed by atoms with Crippen molar-refractivity contribution < 1.29 is 9.47 Å². The molecule has 2 aromatic rings. The van der Waals surface area contributed by atoms with E-state index in [1.165, 1.54) is 7.11 Å². The Morgan fingerprint density at radius 3 is 2.10 bits per heavy atom. The van der Waals surface area contributed by atoms with Gasteiger partial charge in [-0.15, -0.1) is 0 Å². The van der Waals surface area contributed by atoms with E-state index in [2.05, 4.69) is 4.98 Å². The molecule has 0 atom stereocenters. The van der Waals surface area contributed by atoms with E-state index < -0.39 is 0 Å². The van der Waals surface area contributed by atoms with Crippen LogP contribution in [0.3, 0.4) is 0 Å². The van der Waals surface area contributed by atoms with Crippen LogP contribution in [0.5, 0.6) is 11.6 Å². The van der Waals surface area contributed by atoms with E-state index in [0.29, 0.717) is 16.9 Å². The second kappa shape index (κ2) is 5.81. The lowest BCUT2D eigenvalue weighted by molar-refractivity contribution is 0.397. The summed E-state index contributed by atoms with van der Waals surface area (Å²) >= 11 is 0. The summed E-state index contributed by atoms with van der Waals surface area (Å²) in [5.74, 6) is 0.795. The summed E-state index contributed by atoms with van der Waals surface area (Å²) in [7, 11) is 2.95. The second-order valence-electron chi connectivity index (χ2n) is 4.08. The minimum absolute atomic E-state index is 0.0270. The highest BCUT2D eigenvalue weighted by atomic mass is 16.5. The first-order valence-electron chi connectivity index (χ1n) is 5.98. The number of nitrogens with zero attached hydrogens (tertiary/aromatic N) is 3. The third-order valence-corrected chi connectivity index (χ3v) is 2.99. The predicted molar refractivity (Wildman–Crippen MR) is 76.6 cm³/mol. The van der Waals surface area contributed by atoms with Gasteiger partial charge in [-0.05, 0) is 17.7 Å². The number of ether oxygens (including phenoxy) is 2. The SMILES string of the molecule is COc1ccc(-c2c(C#N)c(N)nc(OC)c2C#N)cc1. The number of hydrogen-bond donors (Lipinski definition) is 1. The molecule has 6 heteroatoms. The maximum absolute atomic E-state index is 9.36. The standard InChI is InChI=1S/C15H12N4O2/c1-20-10-5-3-9(4-6-10)13-11(7-16)14(18)19-15(21-2)12(13)8-17/h3-6H,1-2H3,(H2,18,19). The molecule has 21 heavy (non-hydrogen) atoms. The fourth-order valence-corrected chi connectivity index (χ4v) is 1.99. The molecule has 0 aliphatic carbocycles. The lowest BCUT2D eigenvalue weighted by Crippen LogP contribution is -2.04. The van der Waals surface area contributed by atoms with Crippen molar-refractivity contribution in [2.45, 2.75) is 0 Å². The van der Waals surface area contributed by atoms with E-state index in [0.717, 1.165) is 0 Å². The number of nitriles is 2.